The van der Waals surface area contributed by atoms with E-state index in [1.165, 1.54) is 0 Å². The van der Waals surface area contributed by atoms with E-state index in [0.29, 0.717) is 29.4 Å². The molecule has 0 aliphatic carbocycles. The number of fused-ring (bicyclic) bond motifs is 1. The molecule has 36 heavy (non-hydrogen) atoms. The van der Waals surface area contributed by atoms with Crippen LogP contribution in [0.4, 0.5) is 5.69 Å². The number of hydrogen-bond acceptors (Lipinski definition) is 5. The van der Waals surface area contributed by atoms with Gasteiger partial charge in [-0.3, -0.25) is 4.79 Å². The first-order valence-corrected chi connectivity index (χ1v) is 11.8. The van der Waals surface area contributed by atoms with Crippen molar-refractivity contribution >= 4 is 28.1 Å². The second kappa shape index (κ2) is 10.6. The third kappa shape index (κ3) is 4.93. The first-order chi connectivity index (χ1) is 17.4. The number of nitrogens with one attached hydrogen (secondary N) is 1. The Morgan fingerprint density at radius 1 is 1.00 bits per heavy atom. The van der Waals surface area contributed by atoms with Gasteiger partial charge < -0.3 is 23.9 Å². The fraction of sp³-hybridized carbons (Fsp3) is 0.233. The van der Waals surface area contributed by atoms with Gasteiger partial charge in [-0.15, -0.1) is 0 Å². The zero-order chi connectivity index (χ0) is 25.8. The minimum Gasteiger partial charge on any atom is -0.497 e. The van der Waals surface area contributed by atoms with E-state index in [2.05, 4.69) is 5.32 Å². The SMILES string of the molecule is CCOc1cc2occ(-c3cc(OC)ccc3OC)c2cc1/C(C)=C/C(=O)Nc1cccc(C)c1C. The lowest BCUT2D eigenvalue weighted by molar-refractivity contribution is -0.111. The summed E-state index contributed by atoms with van der Waals surface area (Å²) in [5.74, 6) is 1.86. The molecule has 0 bridgehead atoms. The molecule has 0 radical (unpaired) electrons. The smallest absolute Gasteiger partial charge is 0.248 e. The van der Waals surface area contributed by atoms with E-state index in [4.69, 9.17) is 18.6 Å². The summed E-state index contributed by atoms with van der Waals surface area (Å²) in [5.41, 5.74) is 6.93. The third-order valence-electron chi connectivity index (χ3n) is 6.31. The molecule has 0 atom stereocenters. The van der Waals surface area contributed by atoms with E-state index in [0.717, 1.165) is 44.5 Å². The largest absolute Gasteiger partial charge is 0.497 e. The summed E-state index contributed by atoms with van der Waals surface area (Å²) in [4.78, 5) is 12.9. The van der Waals surface area contributed by atoms with Crippen LogP contribution in [0.25, 0.3) is 27.7 Å². The number of anilines is 1. The summed E-state index contributed by atoms with van der Waals surface area (Å²) in [6.07, 6.45) is 3.30. The quantitative estimate of drug-likeness (QED) is 0.268. The van der Waals surface area contributed by atoms with Crippen LogP contribution in [0.5, 0.6) is 17.2 Å². The van der Waals surface area contributed by atoms with Crippen LogP contribution in [-0.4, -0.2) is 26.7 Å². The van der Waals surface area contributed by atoms with Gasteiger partial charge in [-0.25, -0.2) is 0 Å². The summed E-state index contributed by atoms with van der Waals surface area (Å²) >= 11 is 0. The van der Waals surface area contributed by atoms with Gasteiger partial charge >= 0.3 is 0 Å². The number of rotatable bonds is 8. The first kappa shape index (κ1) is 24.9. The van der Waals surface area contributed by atoms with Crippen molar-refractivity contribution in [1.82, 2.24) is 0 Å². The van der Waals surface area contributed by atoms with E-state index in [1.54, 1.807) is 26.6 Å². The summed E-state index contributed by atoms with van der Waals surface area (Å²) in [7, 11) is 3.26. The topological polar surface area (TPSA) is 69.9 Å². The van der Waals surface area contributed by atoms with Crippen molar-refractivity contribution in [3.05, 3.63) is 77.6 Å². The molecular formula is C30H31NO5. The number of hydrogen-bond donors (Lipinski definition) is 1. The molecule has 1 N–H and O–H groups in total. The van der Waals surface area contributed by atoms with Gasteiger partial charge in [0.1, 0.15) is 22.8 Å². The number of amides is 1. The molecule has 1 aromatic heterocycles. The van der Waals surface area contributed by atoms with E-state index < -0.39 is 0 Å². The Hall–Kier alpha value is -4.19. The van der Waals surface area contributed by atoms with Crippen molar-refractivity contribution in [3.63, 3.8) is 0 Å². The molecule has 0 saturated heterocycles. The molecule has 0 unspecified atom stereocenters. The highest BCUT2D eigenvalue weighted by atomic mass is 16.5. The van der Waals surface area contributed by atoms with Gasteiger partial charge in [0, 0.05) is 39.9 Å². The fourth-order valence-electron chi connectivity index (χ4n) is 4.20. The maximum absolute atomic E-state index is 12.9. The van der Waals surface area contributed by atoms with Crippen LogP contribution in [0, 0.1) is 13.8 Å². The molecular weight excluding hydrogens is 454 g/mol. The number of benzene rings is 3. The summed E-state index contributed by atoms with van der Waals surface area (Å²) in [6, 6.07) is 15.4. The van der Waals surface area contributed by atoms with E-state index in [9.17, 15) is 4.79 Å². The second-order valence-corrected chi connectivity index (χ2v) is 8.56. The maximum Gasteiger partial charge on any atom is 0.248 e. The average molecular weight is 486 g/mol. The van der Waals surface area contributed by atoms with Crippen molar-refractivity contribution < 1.29 is 23.4 Å². The molecule has 1 amide bonds. The zero-order valence-electron chi connectivity index (χ0n) is 21.5. The molecule has 0 aliphatic heterocycles. The van der Waals surface area contributed by atoms with Crippen molar-refractivity contribution in [2.24, 2.45) is 0 Å². The molecule has 4 rings (SSSR count). The van der Waals surface area contributed by atoms with Crippen molar-refractivity contribution in [1.29, 1.82) is 0 Å². The third-order valence-corrected chi connectivity index (χ3v) is 6.31. The highest BCUT2D eigenvalue weighted by molar-refractivity contribution is 6.06. The van der Waals surface area contributed by atoms with Gasteiger partial charge in [-0.2, -0.15) is 0 Å². The molecule has 186 valence electrons. The number of furan rings is 1. The van der Waals surface area contributed by atoms with Crippen LogP contribution in [0.2, 0.25) is 0 Å². The summed E-state index contributed by atoms with van der Waals surface area (Å²) < 4.78 is 22.9. The first-order valence-electron chi connectivity index (χ1n) is 11.8. The molecule has 0 fully saturated rings. The monoisotopic (exact) mass is 485 g/mol. The van der Waals surface area contributed by atoms with E-state index in [1.807, 2.05) is 76.2 Å². The van der Waals surface area contributed by atoms with Gasteiger partial charge in [0.05, 0.1) is 27.1 Å². The average Bonchev–Trinajstić information content (AvgIpc) is 3.28. The number of ether oxygens (including phenoxy) is 3. The fourth-order valence-corrected chi connectivity index (χ4v) is 4.20. The van der Waals surface area contributed by atoms with Crippen molar-refractivity contribution in [3.8, 4) is 28.4 Å². The minimum atomic E-state index is -0.203. The van der Waals surface area contributed by atoms with Crippen LogP contribution in [-0.2, 0) is 4.79 Å². The van der Waals surface area contributed by atoms with Crippen LogP contribution in [0.15, 0.2) is 65.3 Å². The molecule has 3 aromatic carbocycles. The number of carbonyl (C=O) groups excluding carboxylic acids is 1. The van der Waals surface area contributed by atoms with Crippen LogP contribution in [0.1, 0.15) is 30.5 Å². The standard InChI is InChI=1S/C30H31NO5/c1-7-35-28-16-29-24(25(17-36-29)23-14-21(33-5)11-12-27(23)34-6)15-22(28)19(3)13-30(32)31-26-10-8-9-18(2)20(26)4/h8-17H,7H2,1-6H3,(H,31,32)/b19-13+. The van der Waals surface area contributed by atoms with Gasteiger partial charge in [0.2, 0.25) is 5.91 Å². The van der Waals surface area contributed by atoms with Crippen molar-refractivity contribution in [2.45, 2.75) is 27.7 Å². The van der Waals surface area contributed by atoms with E-state index >= 15 is 0 Å². The van der Waals surface area contributed by atoms with Gasteiger partial charge in [0.15, 0.2) is 0 Å². The molecule has 6 nitrogen and oxygen atoms in total. The number of aryl methyl sites for hydroxylation is 1. The summed E-state index contributed by atoms with van der Waals surface area (Å²) in [5, 5.41) is 3.87. The van der Waals surface area contributed by atoms with E-state index in [-0.39, 0.29) is 5.91 Å². The van der Waals surface area contributed by atoms with Crippen LogP contribution >= 0.6 is 0 Å². The van der Waals surface area contributed by atoms with Crippen LogP contribution in [0.3, 0.4) is 0 Å². The Bertz CT molecular complexity index is 1450. The predicted octanol–water partition coefficient (Wildman–Crippen LogP) is 7.17. The number of allylic oxidation sites excluding steroid dienone is 1. The number of methoxy groups -OCH3 is 2. The second-order valence-electron chi connectivity index (χ2n) is 8.56. The lowest BCUT2D eigenvalue weighted by Crippen LogP contribution is -2.10. The molecule has 0 spiro atoms. The van der Waals surface area contributed by atoms with Gasteiger partial charge in [-0.1, -0.05) is 12.1 Å². The predicted molar refractivity (Wildman–Crippen MR) is 144 cm³/mol. The van der Waals surface area contributed by atoms with Gasteiger partial charge in [-0.05, 0) is 74.7 Å². The molecule has 6 heteroatoms. The maximum atomic E-state index is 12.9. The Balaban J connectivity index is 1.78. The Morgan fingerprint density at radius 3 is 2.53 bits per heavy atom. The molecule has 4 aromatic rings. The lowest BCUT2D eigenvalue weighted by Gasteiger charge is -2.13. The number of carbonyl (C=O) groups is 1. The van der Waals surface area contributed by atoms with Crippen LogP contribution < -0.4 is 19.5 Å². The normalized spacial score (nSPS) is 11.4. The van der Waals surface area contributed by atoms with Crippen molar-refractivity contribution in [2.75, 3.05) is 26.1 Å². The highest BCUT2D eigenvalue weighted by Gasteiger charge is 2.18. The lowest BCUT2D eigenvalue weighted by atomic mass is 9.98. The Kier molecular flexibility index (Phi) is 7.34. The summed E-state index contributed by atoms with van der Waals surface area (Å²) in [6.45, 7) is 8.33. The highest BCUT2D eigenvalue weighted by Crippen LogP contribution is 2.41. The molecule has 0 saturated carbocycles. The minimum absolute atomic E-state index is 0.203. The Labute approximate surface area is 211 Å². The Morgan fingerprint density at radius 2 is 1.81 bits per heavy atom. The zero-order valence-corrected chi connectivity index (χ0v) is 21.5. The van der Waals surface area contributed by atoms with Gasteiger partial charge in [0.25, 0.3) is 0 Å². The molecule has 1 heterocycles. The molecule has 0 aliphatic rings.